The molecule has 23 heavy (non-hydrogen) atoms. The second-order valence-electron chi connectivity index (χ2n) is 5.69. The molecule has 0 bridgehead atoms. The van der Waals surface area contributed by atoms with Crippen LogP contribution in [0.1, 0.15) is 37.7 Å². The van der Waals surface area contributed by atoms with Crippen molar-refractivity contribution in [3.05, 3.63) is 29.8 Å². The van der Waals surface area contributed by atoms with Crippen LogP contribution in [0.15, 0.2) is 29.3 Å². The summed E-state index contributed by atoms with van der Waals surface area (Å²) < 4.78 is 41.6. The lowest BCUT2D eigenvalue weighted by atomic mass is 9.96. The van der Waals surface area contributed by atoms with Gasteiger partial charge in [0.2, 0.25) is 0 Å². The number of guanidine groups is 1. The largest absolute Gasteiger partial charge is 0.484 e. The number of nitrogens with two attached hydrogens (primary N) is 1. The van der Waals surface area contributed by atoms with Crippen LogP contribution in [-0.4, -0.2) is 24.8 Å². The van der Waals surface area contributed by atoms with Crippen molar-refractivity contribution in [1.29, 1.82) is 0 Å². The van der Waals surface area contributed by atoms with Crippen LogP contribution in [0.3, 0.4) is 0 Å². The Kier molecular flexibility index (Phi) is 6.12. The van der Waals surface area contributed by atoms with Gasteiger partial charge in [-0.1, -0.05) is 37.5 Å². The van der Waals surface area contributed by atoms with Gasteiger partial charge < -0.3 is 15.8 Å². The lowest BCUT2D eigenvalue weighted by Gasteiger charge is -2.23. The summed E-state index contributed by atoms with van der Waals surface area (Å²) in [5.74, 6) is 0.501. The number of aliphatic imine (C=N–C) groups is 1. The number of nitrogens with zero attached hydrogens (tertiary/aromatic N) is 1. The van der Waals surface area contributed by atoms with Crippen molar-refractivity contribution in [1.82, 2.24) is 5.32 Å². The lowest BCUT2D eigenvalue weighted by molar-refractivity contribution is -0.153. The number of alkyl halides is 3. The smallest absolute Gasteiger partial charge is 0.422 e. The molecule has 1 aliphatic rings. The highest BCUT2D eigenvalue weighted by atomic mass is 19.4. The molecule has 7 heteroatoms. The molecule has 2 rings (SSSR count). The van der Waals surface area contributed by atoms with E-state index >= 15 is 0 Å². The molecule has 0 unspecified atom stereocenters. The number of ether oxygens (including phenoxy) is 1. The molecule has 0 heterocycles. The minimum Gasteiger partial charge on any atom is -0.484 e. The Bertz CT molecular complexity index is 526. The van der Waals surface area contributed by atoms with E-state index in [1.165, 1.54) is 25.3 Å². The Balaban J connectivity index is 1.92. The van der Waals surface area contributed by atoms with Crippen LogP contribution in [0, 0.1) is 0 Å². The number of rotatable bonds is 5. The van der Waals surface area contributed by atoms with Crippen molar-refractivity contribution in [3.63, 3.8) is 0 Å². The zero-order chi connectivity index (χ0) is 16.7. The molecule has 1 saturated carbocycles. The van der Waals surface area contributed by atoms with Crippen LogP contribution in [0.2, 0.25) is 0 Å². The van der Waals surface area contributed by atoms with E-state index in [0.717, 1.165) is 12.8 Å². The van der Waals surface area contributed by atoms with Crippen molar-refractivity contribution in [3.8, 4) is 5.75 Å². The molecular formula is C16H22F3N3O. The summed E-state index contributed by atoms with van der Waals surface area (Å²) in [6.45, 7) is -1.14. The second-order valence-corrected chi connectivity index (χ2v) is 5.69. The molecule has 0 atom stereocenters. The van der Waals surface area contributed by atoms with Gasteiger partial charge in [-0.25, -0.2) is 4.99 Å². The Labute approximate surface area is 133 Å². The normalized spacial score (nSPS) is 17.1. The summed E-state index contributed by atoms with van der Waals surface area (Å²) in [5, 5.41) is 3.17. The Morgan fingerprint density at radius 2 is 1.91 bits per heavy atom. The van der Waals surface area contributed by atoms with E-state index in [-0.39, 0.29) is 12.3 Å². The monoisotopic (exact) mass is 329 g/mol. The third kappa shape index (κ3) is 6.38. The average molecular weight is 329 g/mol. The van der Waals surface area contributed by atoms with Gasteiger partial charge in [0.05, 0.1) is 6.54 Å². The fourth-order valence-electron chi connectivity index (χ4n) is 2.61. The molecule has 1 fully saturated rings. The standard InChI is InChI=1S/C16H22F3N3O/c17-16(18,19)11-23-14-9-5-4-6-12(14)10-21-15(20)22-13-7-2-1-3-8-13/h4-6,9,13H,1-3,7-8,10-11H2,(H3,20,21,22). The summed E-state index contributed by atoms with van der Waals surface area (Å²) in [6.07, 6.45) is 1.39. The molecule has 3 N–H and O–H groups in total. The molecular weight excluding hydrogens is 307 g/mol. The number of para-hydroxylation sites is 1. The van der Waals surface area contributed by atoms with Gasteiger partial charge >= 0.3 is 6.18 Å². The van der Waals surface area contributed by atoms with Crippen LogP contribution in [0.5, 0.6) is 5.75 Å². The Morgan fingerprint density at radius 1 is 1.22 bits per heavy atom. The summed E-state index contributed by atoms with van der Waals surface area (Å²) in [7, 11) is 0. The highest BCUT2D eigenvalue weighted by Crippen LogP contribution is 2.23. The summed E-state index contributed by atoms with van der Waals surface area (Å²) in [5.41, 5.74) is 6.44. The van der Waals surface area contributed by atoms with E-state index in [2.05, 4.69) is 10.3 Å². The van der Waals surface area contributed by atoms with Gasteiger partial charge in [0.15, 0.2) is 12.6 Å². The number of halogens is 3. The molecule has 0 spiro atoms. The van der Waals surface area contributed by atoms with Crippen molar-refractivity contribution in [2.45, 2.75) is 50.9 Å². The predicted molar refractivity (Wildman–Crippen MR) is 83.3 cm³/mol. The Morgan fingerprint density at radius 3 is 2.61 bits per heavy atom. The van der Waals surface area contributed by atoms with Gasteiger partial charge in [0.1, 0.15) is 5.75 Å². The maximum atomic E-state index is 12.3. The van der Waals surface area contributed by atoms with Crippen molar-refractivity contribution in [2.75, 3.05) is 6.61 Å². The van der Waals surface area contributed by atoms with E-state index in [4.69, 9.17) is 10.5 Å². The maximum Gasteiger partial charge on any atom is 0.422 e. The van der Waals surface area contributed by atoms with Gasteiger partial charge in [-0.05, 0) is 18.9 Å². The minimum absolute atomic E-state index is 0.180. The van der Waals surface area contributed by atoms with Gasteiger partial charge in [0, 0.05) is 11.6 Å². The van der Waals surface area contributed by atoms with Crippen molar-refractivity contribution >= 4 is 5.96 Å². The lowest BCUT2D eigenvalue weighted by Crippen LogP contribution is -2.41. The SMILES string of the molecule is NC(=NCc1ccccc1OCC(F)(F)F)NC1CCCCC1. The van der Waals surface area contributed by atoms with Gasteiger partial charge in [-0.15, -0.1) is 0 Å². The fraction of sp³-hybridized carbons (Fsp3) is 0.562. The topological polar surface area (TPSA) is 59.6 Å². The maximum absolute atomic E-state index is 12.3. The van der Waals surface area contributed by atoms with Crippen LogP contribution >= 0.6 is 0 Å². The van der Waals surface area contributed by atoms with Crippen molar-refractivity contribution in [2.24, 2.45) is 10.7 Å². The zero-order valence-electron chi connectivity index (χ0n) is 12.9. The Hall–Kier alpha value is -1.92. The van der Waals surface area contributed by atoms with Gasteiger partial charge in [-0.3, -0.25) is 0 Å². The van der Waals surface area contributed by atoms with E-state index in [1.807, 2.05) is 0 Å². The summed E-state index contributed by atoms with van der Waals surface area (Å²) in [6, 6.07) is 6.88. The number of hydrogen-bond acceptors (Lipinski definition) is 2. The molecule has 4 nitrogen and oxygen atoms in total. The van der Waals surface area contributed by atoms with E-state index < -0.39 is 12.8 Å². The number of benzene rings is 1. The first-order valence-corrected chi connectivity index (χ1v) is 7.78. The second kappa shape index (κ2) is 8.08. The third-order valence-corrected chi connectivity index (χ3v) is 3.74. The first-order valence-electron chi connectivity index (χ1n) is 7.78. The van der Waals surface area contributed by atoms with E-state index in [0.29, 0.717) is 17.6 Å². The minimum atomic E-state index is -4.36. The first-order chi connectivity index (χ1) is 10.9. The quantitative estimate of drug-likeness (QED) is 0.643. The van der Waals surface area contributed by atoms with Crippen LogP contribution < -0.4 is 15.8 Å². The summed E-state index contributed by atoms with van der Waals surface area (Å²) in [4.78, 5) is 4.22. The number of hydrogen-bond donors (Lipinski definition) is 2. The zero-order valence-corrected chi connectivity index (χ0v) is 12.9. The molecule has 1 aliphatic carbocycles. The molecule has 0 saturated heterocycles. The first kappa shape index (κ1) is 17.4. The van der Waals surface area contributed by atoms with E-state index in [9.17, 15) is 13.2 Å². The molecule has 0 radical (unpaired) electrons. The molecule has 1 aromatic rings. The predicted octanol–water partition coefficient (Wildman–Crippen LogP) is 3.36. The van der Waals surface area contributed by atoms with Crippen molar-refractivity contribution < 1.29 is 17.9 Å². The van der Waals surface area contributed by atoms with Gasteiger partial charge in [-0.2, -0.15) is 13.2 Å². The van der Waals surface area contributed by atoms with Crippen LogP contribution in [0.4, 0.5) is 13.2 Å². The fourth-order valence-corrected chi connectivity index (χ4v) is 2.61. The summed E-state index contributed by atoms with van der Waals surface area (Å²) >= 11 is 0. The molecule has 0 amide bonds. The highest BCUT2D eigenvalue weighted by Gasteiger charge is 2.28. The molecule has 1 aromatic carbocycles. The van der Waals surface area contributed by atoms with Gasteiger partial charge in [0.25, 0.3) is 0 Å². The van der Waals surface area contributed by atoms with Crippen LogP contribution in [-0.2, 0) is 6.54 Å². The third-order valence-electron chi connectivity index (χ3n) is 3.74. The van der Waals surface area contributed by atoms with Crippen LogP contribution in [0.25, 0.3) is 0 Å². The average Bonchev–Trinajstić information content (AvgIpc) is 2.52. The molecule has 0 aliphatic heterocycles. The highest BCUT2D eigenvalue weighted by molar-refractivity contribution is 5.78. The molecule has 0 aromatic heterocycles. The van der Waals surface area contributed by atoms with E-state index in [1.54, 1.807) is 18.2 Å². The molecule has 128 valence electrons. The number of nitrogens with one attached hydrogen (secondary N) is 1.